The highest BCUT2D eigenvalue weighted by Gasteiger charge is 2.35. The number of fused-ring (bicyclic) bond motifs is 3. The molecule has 1 saturated carbocycles. The molecular weight excluding hydrogens is 330 g/mol. The van der Waals surface area contributed by atoms with Crippen molar-refractivity contribution in [2.24, 2.45) is 17.8 Å². The van der Waals surface area contributed by atoms with E-state index in [2.05, 4.69) is 28.1 Å². The Hall–Kier alpha value is -2.63. The summed E-state index contributed by atoms with van der Waals surface area (Å²) in [6.07, 6.45) is 7.43. The van der Waals surface area contributed by atoms with Crippen LogP contribution in [0.25, 0.3) is 0 Å². The van der Waals surface area contributed by atoms with Gasteiger partial charge in [0.25, 0.3) is 5.91 Å². The van der Waals surface area contributed by atoms with E-state index >= 15 is 0 Å². The van der Waals surface area contributed by atoms with Crippen LogP contribution in [-0.4, -0.2) is 30.3 Å². The third-order valence-electron chi connectivity index (χ3n) is 5.69. The summed E-state index contributed by atoms with van der Waals surface area (Å²) in [6, 6.07) is 6.19. The Morgan fingerprint density at radius 2 is 2.00 bits per heavy atom. The number of rotatable bonds is 5. The highest BCUT2D eigenvalue weighted by atomic mass is 16.2. The third kappa shape index (κ3) is 3.36. The predicted octanol–water partition coefficient (Wildman–Crippen LogP) is 1.85. The quantitative estimate of drug-likeness (QED) is 0.706. The van der Waals surface area contributed by atoms with Crippen LogP contribution >= 0.6 is 0 Å². The van der Waals surface area contributed by atoms with E-state index in [0.717, 1.165) is 6.42 Å². The van der Waals surface area contributed by atoms with E-state index in [-0.39, 0.29) is 30.6 Å². The topological polar surface area (TPSA) is 87.3 Å². The smallest absolute Gasteiger partial charge is 0.254 e. The number of hydrogen-bond acceptors (Lipinski definition) is 3. The fraction of sp³-hybridized carbons (Fsp3) is 0.450. The van der Waals surface area contributed by atoms with Crippen LogP contribution < -0.4 is 16.0 Å². The molecule has 0 spiro atoms. The molecule has 0 radical (unpaired) electrons. The van der Waals surface area contributed by atoms with Gasteiger partial charge in [-0.1, -0.05) is 24.3 Å². The Labute approximate surface area is 152 Å². The molecule has 0 saturated heterocycles. The lowest BCUT2D eigenvalue weighted by molar-refractivity contribution is -0.122. The van der Waals surface area contributed by atoms with Gasteiger partial charge in [-0.3, -0.25) is 14.4 Å². The molecule has 2 aliphatic carbocycles. The number of benzene rings is 1. The number of hydrogen-bond donors (Lipinski definition) is 3. The summed E-state index contributed by atoms with van der Waals surface area (Å²) in [6.45, 7) is 0.693. The van der Waals surface area contributed by atoms with Crippen LogP contribution in [0, 0.1) is 17.8 Å². The van der Waals surface area contributed by atoms with E-state index in [0.29, 0.717) is 35.5 Å². The molecule has 1 aromatic carbocycles. The van der Waals surface area contributed by atoms with E-state index in [4.69, 9.17) is 0 Å². The van der Waals surface area contributed by atoms with Crippen molar-refractivity contribution in [3.63, 3.8) is 0 Å². The van der Waals surface area contributed by atoms with Gasteiger partial charge < -0.3 is 16.0 Å². The van der Waals surface area contributed by atoms with Crippen molar-refractivity contribution in [1.82, 2.24) is 10.6 Å². The fourth-order valence-electron chi connectivity index (χ4n) is 4.25. The van der Waals surface area contributed by atoms with E-state index in [1.54, 1.807) is 24.3 Å². The van der Waals surface area contributed by atoms with Crippen molar-refractivity contribution in [2.45, 2.75) is 31.7 Å². The largest absolute Gasteiger partial charge is 0.356 e. The number of amides is 3. The van der Waals surface area contributed by atoms with Crippen LogP contribution in [0.15, 0.2) is 36.4 Å². The molecule has 1 heterocycles. The molecular formula is C20H23N3O3. The third-order valence-corrected chi connectivity index (χ3v) is 5.69. The minimum absolute atomic E-state index is 0.0689. The molecule has 26 heavy (non-hydrogen) atoms. The molecule has 1 aliphatic heterocycles. The van der Waals surface area contributed by atoms with E-state index in [9.17, 15) is 14.4 Å². The number of allylic oxidation sites excluding steroid dienone is 2. The Balaban J connectivity index is 1.27. The lowest BCUT2D eigenvalue weighted by Crippen LogP contribution is -2.42. The van der Waals surface area contributed by atoms with Crippen LogP contribution in [0.2, 0.25) is 0 Å². The van der Waals surface area contributed by atoms with Crippen molar-refractivity contribution in [1.29, 1.82) is 0 Å². The number of carbonyl (C=O) groups is 3. The van der Waals surface area contributed by atoms with Crippen LogP contribution in [0.4, 0.5) is 5.69 Å². The zero-order valence-corrected chi connectivity index (χ0v) is 14.5. The molecule has 4 atom stereocenters. The maximum atomic E-state index is 12.3. The van der Waals surface area contributed by atoms with E-state index in [1.807, 2.05) is 0 Å². The number of nitrogens with one attached hydrogen (secondary N) is 3. The Morgan fingerprint density at radius 3 is 2.77 bits per heavy atom. The molecule has 2 bridgehead atoms. The molecule has 3 aliphatic rings. The number of anilines is 1. The van der Waals surface area contributed by atoms with Gasteiger partial charge in [-0.2, -0.15) is 0 Å². The Bertz CT molecular complexity index is 773. The summed E-state index contributed by atoms with van der Waals surface area (Å²) < 4.78 is 0. The summed E-state index contributed by atoms with van der Waals surface area (Å²) in [5.41, 5.74) is 0.948. The average molecular weight is 353 g/mol. The summed E-state index contributed by atoms with van der Waals surface area (Å²) in [5, 5.41) is 8.47. The predicted molar refractivity (Wildman–Crippen MR) is 97.4 cm³/mol. The van der Waals surface area contributed by atoms with Crippen LogP contribution in [0.1, 0.15) is 36.0 Å². The first-order valence-electron chi connectivity index (χ1n) is 9.26. The maximum Gasteiger partial charge on any atom is 0.254 e. The summed E-state index contributed by atoms with van der Waals surface area (Å²) in [7, 11) is 0. The van der Waals surface area contributed by atoms with Gasteiger partial charge in [0.15, 0.2) is 0 Å². The first kappa shape index (κ1) is 16.8. The monoisotopic (exact) mass is 353 g/mol. The standard InChI is InChI=1S/C20H23N3O3/c24-18(21-11-14-10-12-5-6-13(14)9-12)8-7-17-20(26)22-16-4-2-1-3-15(16)19(25)23-17/h1-6,12-14,17H,7-11H2,(H,21,24)(H,22,26)(H,23,25)/t12-,13+,14-,17-/m1/s1. The number of para-hydroxylation sites is 1. The van der Waals surface area contributed by atoms with Gasteiger partial charge in [0.2, 0.25) is 11.8 Å². The molecule has 0 unspecified atom stereocenters. The second kappa shape index (κ2) is 6.94. The highest BCUT2D eigenvalue weighted by molar-refractivity contribution is 6.09. The molecule has 0 aromatic heterocycles. The van der Waals surface area contributed by atoms with Crippen molar-refractivity contribution in [3.8, 4) is 0 Å². The van der Waals surface area contributed by atoms with Crippen LogP contribution in [0.3, 0.4) is 0 Å². The van der Waals surface area contributed by atoms with Crippen molar-refractivity contribution >= 4 is 23.4 Å². The normalized spacial score (nSPS) is 28.9. The van der Waals surface area contributed by atoms with Crippen molar-refractivity contribution in [3.05, 3.63) is 42.0 Å². The minimum atomic E-state index is -0.703. The minimum Gasteiger partial charge on any atom is -0.356 e. The van der Waals surface area contributed by atoms with E-state index < -0.39 is 6.04 Å². The van der Waals surface area contributed by atoms with Gasteiger partial charge in [0.05, 0.1) is 11.3 Å². The van der Waals surface area contributed by atoms with Gasteiger partial charge in [0.1, 0.15) is 6.04 Å². The summed E-state index contributed by atoms with van der Waals surface area (Å²) in [4.78, 5) is 36.8. The van der Waals surface area contributed by atoms with Gasteiger partial charge in [-0.15, -0.1) is 0 Å². The Morgan fingerprint density at radius 1 is 1.15 bits per heavy atom. The molecule has 6 heteroatoms. The lowest BCUT2D eigenvalue weighted by atomic mass is 9.93. The molecule has 6 nitrogen and oxygen atoms in total. The van der Waals surface area contributed by atoms with E-state index in [1.165, 1.54) is 6.42 Å². The summed E-state index contributed by atoms with van der Waals surface area (Å²) >= 11 is 0. The van der Waals surface area contributed by atoms with Crippen LogP contribution in [0.5, 0.6) is 0 Å². The van der Waals surface area contributed by atoms with Gasteiger partial charge in [-0.05, 0) is 49.1 Å². The molecule has 3 amide bonds. The second-order valence-corrected chi connectivity index (χ2v) is 7.44. The van der Waals surface area contributed by atoms with Crippen LogP contribution in [-0.2, 0) is 9.59 Å². The van der Waals surface area contributed by atoms with Crippen molar-refractivity contribution in [2.75, 3.05) is 11.9 Å². The van der Waals surface area contributed by atoms with Gasteiger partial charge in [-0.25, -0.2) is 0 Å². The maximum absolute atomic E-state index is 12.3. The Kier molecular flexibility index (Phi) is 4.49. The molecule has 1 fully saturated rings. The highest BCUT2D eigenvalue weighted by Crippen LogP contribution is 2.42. The first-order valence-corrected chi connectivity index (χ1v) is 9.26. The molecule has 1 aromatic rings. The van der Waals surface area contributed by atoms with Gasteiger partial charge in [0, 0.05) is 13.0 Å². The average Bonchev–Trinajstić information content (AvgIpc) is 3.23. The lowest BCUT2D eigenvalue weighted by Gasteiger charge is -2.19. The second-order valence-electron chi connectivity index (χ2n) is 7.44. The fourth-order valence-corrected chi connectivity index (χ4v) is 4.25. The zero-order valence-electron chi connectivity index (χ0n) is 14.5. The molecule has 4 rings (SSSR count). The zero-order chi connectivity index (χ0) is 18.1. The molecule has 136 valence electrons. The first-order chi connectivity index (χ1) is 12.6. The SMILES string of the molecule is O=C(CC[C@H]1NC(=O)c2ccccc2NC1=O)NC[C@H]1C[C@@H]2C=C[C@H]1C2. The van der Waals surface area contributed by atoms with Crippen molar-refractivity contribution < 1.29 is 14.4 Å². The molecule has 3 N–H and O–H groups in total. The van der Waals surface area contributed by atoms with Gasteiger partial charge >= 0.3 is 0 Å². The number of carbonyl (C=O) groups excluding carboxylic acids is 3. The summed E-state index contributed by atoms with van der Waals surface area (Å²) in [5.74, 6) is 1.18.